The first-order chi connectivity index (χ1) is 4.57. The van der Waals surface area contributed by atoms with Crippen LogP contribution in [0, 0.1) is 0 Å². The molecule has 0 rings (SSSR count). The Balaban J connectivity index is 3.57. The fraction of sp³-hybridized carbons (Fsp3) is 0.857. The number of nitrogens with one attached hydrogen (secondary N) is 1. The van der Waals surface area contributed by atoms with Crippen LogP contribution in [0.1, 0.15) is 27.2 Å². The minimum atomic E-state index is -0.394. The Hall–Kier alpha value is -0.570. The third-order valence-corrected chi connectivity index (χ3v) is 1.41. The van der Waals surface area contributed by atoms with E-state index in [0.717, 1.165) is 6.42 Å². The van der Waals surface area contributed by atoms with Gasteiger partial charge < -0.3 is 11.1 Å². The lowest BCUT2D eigenvalue weighted by atomic mass is 10.2. The normalized spacial score (nSPS) is 16.0. The van der Waals surface area contributed by atoms with E-state index in [0.29, 0.717) is 0 Å². The minimum absolute atomic E-state index is 0.0747. The van der Waals surface area contributed by atoms with Gasteiger partial charge in [0.05, 0.1) is 6.04 Å². The summed E-state index contributed by atoms with van der Waals surface area (Å²) >= 11 is 0. The van der Waals surface area contributed by atoms with Crippen LogP contribution in [0.25, 0.3) is 0 Å². The average molecular weight is 144 g/mol. The monoisotopic (exact) mass is 144 g/mol. The second kappa shape index (κ2) is 4.28. The fourth-order valence-electron chi connectivity index (χ4n) is 0.476. The van der Waals surface area contributed by atoms with E-state index in [-0.39, 0.29) is 11.9 Å². The molecule has 3 nitrogen and oxygen atoms in total. The molecular weight excluding hydrogens is 128 g/mol. The maximum atomic E-state index is 10.9. The number of rotatable bonds is 3. The Morgan fingerprint density at radius 2 is 2.10 bits per heavy atom. The van der Waals surface area contributed by atoms with Gasteiger partial charge in [-0.3, -0.25) is 4.79 Å². The SMILES string of the molecule is CCC(C)NC(=O)[C@H](C)N. The first-order valence-electron chi connectivity index (χ1n) is 3.63. The van der Waals surface area contributed by atoms with Crippen molar-refractivity contribution >= 4 is 5.91 Å². The van der Waals surface area contributed by atoms with Gasteiger partial charge in [-0.1, -0.05) is 6.92 Å². The molecule has 1 amide bonds. The van der Waals surface area contributed by atoms with E-state index >= 15 is 0 Å². The molecule has 0 radical (unpaired) electrons. The maximum Gasteiger partial charge on any atom is 0.236 e. The van der Waals surface area contributed by atoms with Gasteiger partial charge in [-0.2, -0.15) is 0 Å². The van der Waals surface area contributed by atoms with Crippen LogP contribution in [-0.2, 0) is 4.79 Å². The maximum absolute atomic E-state index is 10.9. The molecule has 0 aromatic rings. The summed E-state index contributed by atoms with van der Waals surface area (Å²) < 4.78 is 0. The molecule has 0 aromatic carbocycles. The summed E-state index contributed by atoms with van der Waals surface area (Å²) in [5.41, 5.74) is 5.33. The minimum Gasteiger partial charge on any atom is -0.352 e. The van der Waals surface area contributed by atoms with Crippen molar-refractivity contribution in [3.05, 3.63) is 0 Å². The van der Waals surface area contributed by atoms with Crippen LogP contribution in [0.4, 0.5) is 0 Å². The van der Waals surface area contributed by atoms with Crippen LogP contribution < -0.4 is 11.1 Å². The number of nitrogens with two attached hydrogens (primary N) is 1. The van der Waals surface area contributed by atoms with Crippen LogP contribution in [0.5, 0.6) is 0 Å². The van der Waals surface area contributed by atoms with Crippen LogP contribution in [0.3, 0.4) is 0 Å². The third-order valence-electron chi connectivity index (χ3n) is 1.41. The number of amides is 1. The summed E-state index contributed by atoms with van der Waals surface area (Å²) in [6.45, 7) is 5.66. The second-order valence-corrected chi connectivity index (χ2v) is 2.61. The van der Waals surface area contributed by atoms with Crippen molar-refractivity contribution in [2.75, 3.05) is 0 Å². The molecule has 3 N–H and O–H groups in total. The molecule has 0 spiro atoms. The molecular formula is C7H16N2O. The van der Waals surface area contributed by atoms with Gasteiger partial charge in [0.25, 0.3) is 0 Å². The van der Waals surface area contributed by atoms with Gasteiger partial charge in [0.2, 0.25) is 5.91 Å². The standard InChI is InChI=1S/C7H16N2O/c1-4-5(2)9-7(10)6(3)8/h5-6H,4,8H2,1-3H3,(H,9,10)/t5?,6-/m0/s1. The Morgan fingerprint density at radius 1 is 1.60 bits per heavy atom. The number of hydrogen-bond donors (Lipinski definition) is 2. The molecule has 0 aliphatic heterocycles. The van der Waals surface area contributed by atoms with Crippen LogP contribution in [0.2, 0.25) is 0 Å². The first-order valence-corrected chi connectivity index (χ1v) is 3.63. The van der Waals surface area contributed by atoms with Gasteiger partial charge >= 0.3 is 0 Å². The van der Waals surface area contributed by atoms with E-state index in [1.54, 1.807) is 6.92 Å². The molecule has 0 fully saturated rings. The predicted octanol–water partition coefficient (Wildman–Crippen LogP) is 0.248. The van der Waals surface area contributed by atoms with Crippen molar-refractivity contribution in [2.45, 2.75) is 39.3 Å². The predicted molar refractivity (Wildman–Crippen MR) is 41.5 cm³/mol. The van der Waals surface area contributed by atoms with Gasteiger partial charge in [-0.25, -0.2) is 0 Å². The zero-order chi connectivity index (χ0) is 8.15. The zero-order valence-corrected chi connectivity index (χ0v) is 6.85. The van der Waals surface area contributed by atoms with Crippen LogP contribution in [-0.4, -0.2) is 18.0 Å². The van der Waals surface area contributed by atoms with Gasteiger partial charge in [-0.05, 0) is 20.3 Å². The van der Waals surface area contributed by atoms with Gasteiger partial charge in [0.1, 0.15) is 0 Å². The van der Waals surface area contributed by atoms with Crippen molar-refractivity contribution in [1.29, 1.82) is 0 Å². The van der Waals surface area contributed by atoms with Crippen molar-refractivity contribution in [3.63, 3.8) is 0 Å². The van der Waals surface area contributed by atoms with E-state index in [1.165, 1.54) is 0 Å². The summed E-state index contributed by atoms with van der Waals surface area (Å²) in [4.78, 5) is 10.9. The smallest absolute Gasteiger partial charge is 0.236 e. The highest BCUT2D eigenvalue weighted by Gasteiger charge is 2.08. The highest BCUT2D eigenvalue weighted by Crippen LogP contribution is 1.87. The summed E-state index contributed by atoms with van der Waals surface area (Å²) in [6.07, 6.45) is 0.943. The molecule has 60 valence electrons. The zero-order valence-electron chi connectivity index (χ0n) is 6.85. The topological polar surface area (TPSA) is 55.1 Å². The van der Waals surface area contributed by atoms with Gasteiger partial charge in [-0.15, -0.1) is 0 Å². The third kappa shape index (κ3) is 3.45. The van der Waals surface area contributed by atoms with Crippen molar-refractivity contribution in [3.8, 4) is 0 Å². The van der Waals surface area contributed by atoms with Crippen molar-refractivity contribution in [1.82, 2.24) is 5.32 Å². The Bertz CT molecular complexity index is 112. The number of carbonyl (C=O) groups excluding carboxylic acids is 1. The lowest BCUT2D eigenvalue weighted by molar-refractivity contribution is -0.122. The molecule has 2 atom stereocenters. The molecule has 3 heteroatoms. The van der Waals surface area contributed by atoms with Gasteiger partial charge in [0.15, 0.2) is 0 Å². The summed E-state index contributed by atoms with van der Waals surface area (Å²) in [6, 6.07) is -0.160. The lowest BCUT2D eigenvalue weighted by Gasteiger charge is -2.12. The second-order valence-electron chi connectivity index (χ2n) is 2.61. The van der Waals surface area contributed by atoms with Crippen LogP contribution >= 0.6 is 0 Å². The average Bonchev–Trinajstić information content (AvgIpc) is 1.87. The highest BCUT2D eigenvalue weighted by molar-refractivity contribution is 5.81. The summed E-state index contributed by atoms with van der Waals surface area (Å²) in [5.74, 6) is -0.0747. The molecule has 10 heavy (non-hydrogen) atoms. The Morgan fingerprint density at radius 3 is 2.40 bits per heavy atom. The lowest BCUT2D eigenvalue weighted by Crippen LogP contribution is -2.42. The van der Waals surface area contributed by atoms with E-state index in [4.69, 9.17) is 5.73 Å². The Kier molecular flexibility index (Phi) is 4.03. The van der Waals surface area contributed by atoms with E-state index in [2.05, 4.69) is 5.32 Å². The molecule has 0 heterocycles. The summed E-state index contributed by atoms with van der Waals surface area (Å²) in [7, 11) is 0. The largest absolute Gasteiger partial charge is 0.352 e. The van der Waals surface area contributed by atoms with E-state index in [9.17, 15) is 4.79 Å². The quantitative estimate of drug-likeness (QED) is 0.596. The number of carbonyl (C=O) groups is 1. The Labute approximate surface area is 62.0 Å². The van der Waals surface area contributed by atoms with Crippen molar-refractivity contribution in [2.24, 2.45) is 5.73 Å². The van der Waals surface area contributed by atoms with E-state index < -0.39 is 6.04 Å². The molecule has 0 aromatic heterocycles. The fourth-order valence-corrected chi connectivity index (χ4v) is 0.476. The molecule has 0 aliphatic rings. The molecule has 0 saturated heterocycles. The van der Waals surface area contributed by atoms with Crippen LogP contribution in [0.15, 0.2) is 0 Å². The molecule has 0 bridgehead atoms. The van der Waals surface area contributed by atoms with Gasteiger partial charge in [0, 0.05) is 6.04 Å². The molecule has 0 aliphatic carbocycles. The van der Waals surface area contributed by atoms with E-state index in [1.807, 2.05) is 13.8 Å². The number of hydrogen-bond acceptors (Lipinski definition) is 2. The summed E-state index contributed by atoms with van der Waals surface area (Å²) in [5, 5.41) is 2.77. The molecule has 1 unspecified atom stereocenters. The first kappa shape index (κ1) is 9.43. The van der Waals surface area contributed by atoms with Crippen molar-refractivity contribution < 1.29 is 4.79 Å². The molecule has 0 saturated carbocycles. The highest BCUT2D eigenvalue weighted by atomic mass is 16.2.